The number of H-pyrrole nitrogens is 1. The minimum absolute atomic E-state index is 0.0226. The molecule has 5 heteroatoms. The molecule has 2 rings (SSSR count). The summed E-state index contributed by atoms with van der Waals surface area (Å²) in [5, 5.41) is 18.2. The van der Waals surface area contributed by atoms with Gasteiger partial charge in [0, 0.05) is 17.7 Å². The zero-order valence-electron chi connectivity index (χ0n) is 12.0. The summed E-state index contributed by atoms with van der Waals surface area (Å²) in [4.78, 5) is 12.2. The van der Waals surface area contributed by atoms with Gasteiger partial charge in [0.15, 0.2) is 0 Å². The van der Waals surface area contributed by atoms with Gasteiger partial charge >= 0.3 is 0 Å². The van der Waals surface area contributed by atoms with Gasteiger partial charge in [-0.05, 0) is 31.5 Å². The Morgan fingerprint density at radius 2 is 2.24 bits per heavy atom. The summed E-state index contributed by atoms with van der Waals surface area (Å²) < 4.78 is 0. The summed E-state index contributed by atoms with van der Waals surface area (Å²) in [5.74, 6) is 5.59. The van der Waals surface area contributed by atoms with E-state index in [4.69, 9.17) is 5.11 Å². The fourth-order valence-electron chi connectivity index (χ4n) is 1.85. The molecule has 0 aliphatic heterocycles. The number of carbonyl (C=O) groups excluding carboxylic acids is 1. The first-order valence-electron chi connectivity index (χ1n) is 6.63. The maximum atomic E-state index is 12.2. The molecule has 1 heterocycles. The Morgan fingerprint density at radius 1 is 1.43 bits per heavy atom. The Labute approximate surface area is 123 Å². The highest BCUT2D eigenvalue weighted by Gasteiger charge is 2.12. The number of aromatic nitrogens is 2. The molecule has 5 nitrogen and oxygen atoms in total. The fourth-order valence-corrected chi connectivity index (χ4v) is 1.85. The number of aliphatic hydroxyl groups is 1. The quantitative estimate of drug-likeness (QED) is 0.754. The van der Waals surface area contributed by atoms with E-state index < -0.39 is 0 Å². The number of benzene rings is 1. The Bertz CT molecular complexity index is 708. The number of hydrogen-bond donors (Lipinski definition) is 3. The van der Waals surface area contributed by atoms with Gasteiger partial charge in [0.05, 0.1) is 24.1 Å². The second-order valence-electron chi connectivity index (χ2n) is 4.69. The van der Waals surface area contributed by atoms with Crippen molar-refractivity contribution in [2.45, 2.75) is 20.3 Å². The van der Waals surface area contributed by atoms with E-state index in [2.05, 4.69) is 27.4 Å². The van der Waals surface area contributed by atoms with E-state index in [0.717, 1.165) is 11.1 Å². The summed E-state index contributed by atoms with van der Waals surface area (Å²) in [6, 6.07) is 5.66. The predicted octanol–water partition coefficient (Wildman–Crippen LogP) is 2.01. The molecule has 2 aromatic rings. The lowest BCUT2D eigenvalue weighted by atomic mass is 10.1. The Balaban J connectivity index is 2.27. The van der Waals surface area contributed by atoms with Crippen molar-refractivity contribution in [3.8, 4) is 11.8 Å². The van der Waals surface area contributed by atoms with Crippen LogP contribution >= 0.6 is 0 Å². The van der Waals surface area contributed by atoms with Crippen LogP contribution in [-0.2, 0) is 0 Å². The standard InChI is InChI=1S/C16H17N3O2/c1-11-6-7-13(5-3-4-8-20)15(9-11)18-16(21)14-10-17-19-12(14)2/h6-7,9-10,20H,4,8H2,1-2H3,(H,17,19)(H,18,21). The third kappa shape index (κ3) is 3.71. The highest BCUT2D eigenvalue weighted by molar-refractivity contribution is 6.05. The van der Waals surface area contributed by atoms with Gasteiger partial charge in [0.1, 0.15) is 0 Å². The lowest BCUT2D eigenvalue weighted by molar-refractivity contribution is 0.102. The van der Waals surface area contributed by atoms with Crippen LogP contribution in [0.2, 0.25) is 0 Å². The molecule has 0 radical (unpaired) electrons. The van der Waals surface area contributed by atoms with Crippen molar-refractivity contribution in [3.05, 3.63) is 46.8 Å². The highest BCUT2D eigenvalue weighted by Crippen LogP contribution is 2.18. The lowest BCUT2D eigenvalue weighted by Crippen LogP contribution is -2.13. The molecule has 0 saturated carbocycles. The monoisotopic (exact) mass is 283 g/mol. The van der Waals surface area contributed by atoms with Crippen LogP contribution in [0.15, 0.2) is 24.4 Å². The maximum Gasteiger partial charge on any atom is 0.259 e. The topological polar surface area (TPSA) is 78.0 Å². The van der Waals surface area contributed by atoms with Crippen LogP contribution in [0.5, 0.6) is 0 Å². The first-order chi connectivity index (χ1) is 10.1. The minimum Gasteiger partial charge on any atom is -0.395 e. The smallest absolute Gasteiger partial charge is 0.259 e. The van der Waals surface area contributed by atoms with Crippen molar-refractivity contribution >= 4 is 11.6 Å². The largest absolute Gasteiger partial charge is 0.395 e. The number of hydrogen-bond acceptors (Lipinski definition) is 3. The molecular weight excluding hydrogens is 266 g/mol. The Kier molecular flexibility index (Phi) is 4.75. The van der Waals surface area contributed by atoms with Crippen molar-refractivity contribution in [2.24, 2.45) is 0 Å². The van der Waals surface area contributed by atoms with Crippen LogP contribution in [0.4, 0.5) is 5.69 Å². The molecule has 0 spiro atoms. The number of aryl methyl sites for hydroxylation is 2. The van der Waals surface area contributed by atoms with E-state index in [1.807, 2.05) is 25.1 Å². The average Bonchev–Trinajstić information content (AvgIpc) is 2.88. The maximum absolute atomic E-state index is 12.2. The van der Waals surface area contributed by atoms with Crippen molar-refractivity contribution in [2.75, 3.05) is 11.9 Å². The second-order valence-corrected chi connectivity index (χ2v) is 4.69. The predicted molar refractivity (Wildman–Crippen MR) is 81.0 cm³/mol. The van der Waals surface area contributed by atoms with Crippen LogP contribution in [-0.4, -0.2) is 27.8 Å². The number of carbonyl (C=O) groups is 1. The third-order valence-corrected chi connectivity index (χ3v) is 2.96. The van der Waals surface area contributed by atoms with Crippen molar-refractivity contribution < 1.29 is 9.90 Å². The van der Waals surface area contributed by atoms with Crippen LogP contribution in [0.3, 0.4) is 0 Å². The summed E-state index contributed by atoms with van der Waals surface area (Å²) in [6.45, 7) is 3.76. The molecule has 0 aliphatic carbocycles. The molecule has 1 amide bonds. The molecule has 0 saturated heterocycles. The number of nitrogens with zero attached hydrogens (tertiary/aromatic N) is 1. The van der Waals surface area contributed by atoms with Crippen LogP contribution in [0, 0.1) is 25.7 Å². The summed E-state index contributed by atoms with van der Waals surface area (Å²) in [5.41, 5.74) is 3.63. The zero-order valence-corrected chi connectivity index (χ0v) is 12.0. The van der Waals surface area contributed by atoms with Gasteiger partial charge < -0.3 is 10.4 Å². The summed E-state index contributed by atoms with van der Waals surface area (Å²) >= 11 is 0. The van der Waals surface area contributed by atoms with Crippen LogP contribution in [0.25, 0.3) is 0 Å². The van der Waals surface area contributed by atoms with Gasteiger partial charge in [-0.15, -0.1) is 0 Å². The summed E-state index contributed by atoms with van der Waals surface area (Å²) in [6.07, 6.45) is 1.90. The van der Waals surface area contributed by atoms with E-state index in [1.54, 1.807) is 6.92 Å². The molecule has 0 atom stereocenters. The van der Waals surface area contributed by atoms with Gasteiger partial charge in [-0.2, -0.15) is 5.10 Å². The Hall–Kier alpha value is -2.58. The molecule has 21 heavy (non-hydrogen) atoms. The van der Waals surface area contributed by atoms with Gasteiger partial charge in [-0.3, -0.25) is 9.89 Å². The van der Waals surface area contributed by atoms with Gasteiger partial charge in [0.2, 0.25) is 0 Å². The molecule has 0 bridgehead atoms. The number of nitrogens with one attached hydrogen (secondary N) is 2. The average molecular weight is 283 g/mol. The number of aliphatic hydroxyl groups excluding tert-OH is 1. The SMILES string of the molecule is Cc1ccc(C#CCCO)c(NC(=O)c2cn[nH]c2C)c1. The molecule has 108 valence electrons. The first kappa shape index (κ1) is 14.8. The van der Waals surface area contributed by atoms with Gasteiger partial charge in [-0.1, -0.05) is 17.9 Å². The number of aromatic amines is 1. The van der Waals surface area contributed by atoms with E-state index in [0.29, 0.717) is 23.4 Å². The van der Waals surface area contributed by atoms with E-state index in [1.165, 1.54) is 6.20 Å². The molecule has 1 aromatic heterocycles. The summed E-state index contributed by atoms with van der Waals surface area (Å²) in [7, 11) is 0. The molecule has 0 aliphatic rings. The number of anilines is 1. The number of amides is 1. The van der Waals surface area contributed by atoms with Crippen molar-refractivity contribution in [1.29, 1.82) is 0 Å². The van der Waals surface area contributed by atoms with Gasteiger partial charge in [0.25, 0.3) is 5.91 Å². The Morgan fingerprint density at radius 3 is 2.90 bits per heavy atom. The van der Waals surface area contributed by atoms with Crippen molar-refractivity contribution in [1.82, 2.24) is 10.2 Å². The van der Waals surface area contributed by atoms with Crippen LogP contribution in [0.1, 0.15) is 33.6 Å². The molecule has 0 fully saturated rings. The molecule has 3 N–H and O–H groups in total. The zero-order chi connectivity index (χ0) is 15.2. The molecule has 0 unspecified atom stereocenters. The first-order valence-corrected chi connectivity index (χ1v) is 6.63. The third-order valence-electron chi connectivity index (χ3n) is 2.96. The van der Waals surface area contributed by atoms with E-state index in [9.17, 15) is 4.79 Å². The lowest BCUT2D eigenvalue weighted by Gasteiger charge is -2.08. The molecule has 1 aromatic carbocycles. The minimum atomic E-state index is -0.225. The van der Waals surface area contributed by atoms with Gasteiger partial charge in [-0.25, -0.2) is 0 Å². The normalized spacial score (nSPS) is 9.86. The van der Waals surface area contributed by atoms with E-state index >= 15 is 0 Å². The second kappa shape index (κ2) is 6.73. The van der Waals surface area contributed by atoms with Crippen LogP contribution < -0.4 is 5.32 Å². The molecular formula is C16H17N3O2. The number of rotatable bonds is 3. The van der Waals surface area contributed by atoms with E-state index in [-0.39, 0.29) is 12.5 Å². The van der Waals surface area contributed by atoms with Crippen molar-refractivity contribution in [3.63, 3.8) is 0 Å². The highest BCUT2D eigenvalue weighted by atomic mass is 16.2. The fraction of sp³-hybridized carbons (Fsp3) is 0.250.